The number of amides is 1. The molecule has 6 nitrogen and oxygen atoms in total. The molecule has 0 aromatic heterocycles. The molecule has 0 bridgehead atoms. The lowest BCUT2D eigenvalue weighted by Gasteiger charge is -2.29. The number of nitrogens with zero attached hydrogens (tertiary/aromatic N) is 1. The van der Waals surface area contributed by atoms with Crippen molar-refractivity contribution >= 4 is 44.7 Å². The van der Waals surface area contributed by atoms with Crippen molar-refractivity contribution < 1.29 is 31.2 Å². The first-order valence-corrected chi connectivity index (χ1v) is 12.8. The lowest BCUT2D eigenvalue weighted by atomic mass is 9.86. The second-order valence-corrected chi connectivity index (χ2v) is 11.3. The molecule has 2 aromatic carbocycles. The monoisotopic (exact) mass is 536 g/mol. The van der Waals surface area contributed by atoms with Gasteiger partial charge in [0.05, 0.1) is 11.5 Å². The zero-order valence-electron chi connectivity index (χ0n) is 18.3. The molecule has 0 saturated heterocycles. The molecule has 0 saturated carbocycles. The van der Waals surface area contributed by atoms with Crippen LogP contribution in [0.25, 0.3) is 0 Å². The second kappa shape index (κ2) is 9.39. The largest absolute Gasteiger partial charge is 0.435 e. The topological polar surface area (TPSA) is 84.8 Å². The fourth-order valence-electron chi connectivity index (χ4n) is 3.74. The Morgan fingerprint density at radius 1 is 1.21 bits per heavy atom. The molecule has 2 atom stereocenters. The molecule has 1 heterocycles. The van der Waals surface area contributed by atoms with Gasteiger partial charge in [0.25, 0.3) is 11.5 Å². The lowest BCUT2D eigenvalue weighted by Crippen LogP contribution is -2.42. The maximum absolute atomic E-state index is 14.2. The zero-order valence-corrected chi connectivity index (χ0v) is 20.7. The van der Waals surface area contributed by atoms with Gasteiger partial charge in [0.15, 0.2) is 0 Å². The summed E-state index contributed by atoms with van der Waals surface area (Å²) in [5.41, 5.74) is -1.93. The van der Waals surface area contributed by atoms with E-state index in [1.54, 1.807) is 13.8 Å². The minimum atomic E-state index is -4.82. The van der Waals surface area contributed by atoms with E-state index in [1.807, 2.05) is 0 Å². The fraction of sp³-hybridized carbons (Fsp3) is 0.364. The van der Waals surface area contributed by atoms with E-state index in [-0.39, 0.29) is 32.6 Å². The molecular weight excluding hydrogens is 516 g/mol. The Morgan fingerprint density at radius 2 is 1.82 bits per heavy atom. The van der Waals surface area contributed by atoms with E-state index >= 15 is 0 Å². The SMILES string of the molecule is Cc1cc(C2=NOC(c3cc(Cl)cc(Cl)c3)(C(F)(F)F)C2)ccc1C(=O)NC(C)CS(C)(=O)=O. The number of hydrogen-bond donors (Lipinski definition) is 1. The van der Waals surface area contributed by atoms with Crippen LogP contribution < -0.4 is 5.32 Å². The van der Waals surface area contributed by atoms with Crippen LogP contribution in [-0.4, -0.2) is 44.3 Å². The summed E-state index contributed by atoms with van der Waals surface area (Å²) in [5, 5.41) is 6.36. The lowest BCUT2D eigenvalue weighted by molar-refractivity contribution is -0.275. The highest BCUT2D eigenvalue weighted by molar-refractivity contribution is 7.90. The van der Waals surface area contributed by atoms with Crippen LogP contribution in [0.15, 0.2) is 41.6 Å². The van der Waals surface area contributed by atoms with Gasteiger partial charge in [-0.2, -0.15) is 13.2 Å². The maximum Gasteiger partial charge on any atom is 0.435 e. The van der Waals surface area contributed by atoms with E-state index in [2.05, 4.69) is 10.5 Å². The van der Waals surface area contributed by atoms with Gasteiger partial charge in [-0.15, -0.1) is 0 Å². The van der Waals surface area contributed by atoms with Gasteiger partial charge in [-0.05, 0) is 55.3 Å². The van der Waals surface area contributed by atoms with E-state index in [0.29, 0.717) is 11.1 Å². The molecule has 12 heteroatoms. The molecule has 0 radical (unpaired) electrons. The Labute approximate surface area is 205 Å². The average Bonchev–Trinajstić information content (AvgIpc) is 3.12. The van der Waals surface area contributed by atoms with Crippen LogP contribution in [0.4, 0.5) is 13.2 Å². The third-order valence-corrected chi connectivity index (χ3v) is 6.79. The van der Waals surface area contributed by atoms with Crippen LogP contribution in [0.3, 0.4) is 0 Å². The molecule has 1 amide bonds. The number of benzene rings is 2. The van der Waals surface area contributed by atoms with E-state index < -0.39 is 40.0 Å². The maximum atomic E-state index is 14.2. The first-order chi connectivity index (χ1) is 15.6. The van der Waals surface area contributed by atoms with Crippen molar-refractivity contribution in [1.29, 1.82) is 0 Å². The third kappa shape index (κ3) is 5.67. The van der Waals surface area contributed by atoms with Gasteiger partial charge >= 0.3 is 6.18 Å². The number of oxime groups is 1. The fourth-order valence-corrected chi connectivity index (χ4v) is 5.26. The van der Waals surface area contributed by atoms with Gasteiger partial charge < -0.3 is 10.2 Å². The van der Waals surface area contributed by atoms with Gasteiger partial charge in [0.1, 0.15) is 9.84 Å². The molecule has 3 rings (SSSR count). The highest BCUT2D eigenvalue weighted by atomic mass is 35.5. The van der Waals surface area contributed by atoms with Crippen LogP contribution in [0, 0.1) is 6.92 Å². The number of rotatable bonds is 6. The summed E-state index contributed by atoms with van der Waals surface area (Å²) in [6.07, 6.45) is -4.38. The van der Waals surface area contributed by atoms with Crippen LogP contribution >= 0.6 is 23.2 Å². The van der Waals surface area contributed by atoms with Crippen LogP contribution in [-0.2, 0) is 20.3 Å². The molecule has 2 aromatic rings. The Morgan fingerprint density at radius 3 is 2.35 bits per heavy atom. The summed E-state index contributed by atoms with van der Waals surface area (Å²) in [6, 6.07) is 7.40. The number of aryl methyl sites for hydroxylation is 1. The molecular formula is C22H21Cl2F3N2O4S. The minimum Gasteiger partial charge on any atom is -0.374 e. The van der Waals surface area contributed by atoms with E-state index in [4.69, 9.17) is 28.0 Å². The molecule has 1 N–H and O–H groups in total. The van der Waals surface area contributed by atoms with Crippen LogP contribution in [0.1, 0.15) is 40.4 Å². The van der Waals surface area contributed by atoms with Crippen molar-refractivity contribution in [2.24, 2.45) is 5.16 Å². The van der Waals surface area contributed by atoms with Crippen molar-refractivity contribution in [3.05, 3.63) is 68.7 Å². The molecule has 34 heavy (non-hydrogen) atoms. The van der Waals surface area contributed by atoms with E-state index in [0.717, 1.165) is 18.4 Å². The molecule has 184 valence electrons. The summed E-state index contributed by atoms with van der Waals surface area (Å²) >= 11 is 11.8. The van der Waals surface area contributed by atoms with Gasteiger partial charge in [-0.25, -0.2) is 8.42 Å². The van der Waals surface area contributed by atoms with Crippen LogP contribution in [0.2, 0.25) is 10.0 Å². The number of sulfone groups is 1. The second-order valence-electron chi connectivity index (χ2n) is 8.29. The normalized spacial score (nSPS) is 19.4. The Balaban J connectivity index is 1.86. The molecule has 1 aliphatic heterocycles. The first kappa shape index (κ1) is 26.3. The highest BCUT2D eigenvalue weighted by Gasteiger charge is 2.62. The number of nitrogens with one attached hydrogen (secondary N) is 1. The summed E-state index contributed by atoms with van der Waals surface area (Å²) in [7, 11) is -3.28. The van der Waals surface area contributed by atoms with Gasteiger partial charge in [-0.1, -0.05) is 34.4 Å². The predicted molar refractivity (Wildman–Crippen MR) is 124 cm³/mol. The molecule has 1 aliphatic rings. The van der Waals surface area contributed by atoms with Crippen molar-refractivity contribution in [1.82, 2.24) is 5.32 Å². The van der Waals surface area contributed by atoms with Gasteiger partial charge in [0.2, 0.25) is 0 Å². The molecule has 2 unspecified atom stereocenters. The summed E-state index contributed by atoms with van der Waals surface area (Å²) < 4.78 is 65.3. The van der Waals surface area contributed by atoms with E-state index in [9.17, 15) is 26.4 Å². The van der Waals surface area contributed by atoms with E-state index in [1.165, 1.54) is 24.3 Å². The minimum absolute atomic E-state index is 0.0273. The Kier molecular flexibility index (Phi) is 7.27. The first-order valence-electron chi connectivity index (χ1n) is 9.99. The number of alkyl halides is 3. The molecule has 0 aliphatic carbocycles. The summed E-state index contributed by atoms with van der Waals surface area (Å²) in [5.74, 6) is -0.722. The van der Waals surface area contributed by atoms with Crippen molar-refractivity contribution in [2.45, 2.75) is 38.1 Å². The quantitative estimate of drug-likeness (QED) is 0.559. The summed E-state index contributed by atoms with van der Waals surface area (Å²) in [4.78, 5) is 17.5. The summed E-state index contributed by atoms with van der Waals surface area (Å²) in [6.45, 7) is 3.18. The zero-order chi connectivity index (χ0) is 25.5. The Hall–Kier alpha value is -2.30. The number of halogens is 5. The Bertz CT molecular complexity index is 1250. The van der Waals surface area contributed by atoms with Crippen molar-refractivity contribution in [3.63, 3.8) is 0 Å². The molecule has 0 fully saturated rings. The van der Waals surface area contributed by atoms with Gasteiger partial charge in [0, 0.05) is 39.9 Å². The standard InChI is InChI=1S/C22H21Cl2F3N2O4S/c1-12-6-14(4-5-18(12)20(30)28-13(2)11-34(3,31)32)19-10-21(33-29-19,22(25,26)27)15-7-16(23)9-17(24)8-15/h4-9,13H,10-11H2,1-3H3,(H,28,30). The van der Waals surface area contributed by atoms with Crippen LogP contribution in [0.5, 0.6) is 0 Å². The predicted octanol–water partition coefficient (Wildman–Crippen LogP) is 5.05. The molecule has 0 spiro atoms. The van der Waals surface area contributed by atoms with Crippen molar-refractivity contribution in [2.75, 3.05) is 12.0 Å². The third-order valence-electron chi connectivity index (χ3n) is 5.25. The average molecular weight is 537 g/mol. The van der Waals surface area contributed by atoms with Gasteiger partial charge in [-0.3, -0.25) is 4.79 Å². The highest BCUT2D eigenvalue weighted by Crippen LogP contribution is 2.49. The number of carbonyl (C=O) groups is 1. The number of hydrogen-bond acceptors (Lipinski definition) is 5. The van der Waals surface area contributed by atoms with Crippen molar-refractivity contribution in [3.8, 4) is 0 Å². The number of carbonyl (C=O) groups excluding carboxylic acids is 1. The smallest absolute Gasteiger partial charge is 0.374 e.